The van der Waals surface area contributed by atoms with Crippen molar-refractivity contribution in [3.05, 3.63) is 81.7 Å². The summed E-state index contributed by atoms with van der Waals surface area (Å²) in [5.41, 5.74) is 2.66. The van der Waals surface area contributed by atoms with E-state index in [1.54, 1.807) is 28.8 Å². The van der Waals surface area contributed by atoms with Gasteiger partial charge in [0.2, 0.25) is 5.76 Å². The standard InChI is InChI=1S/C23H19FN2O5S/c1-13-10-15(14(2)26(13)18-7-5-4-6-17(18)24)11-20-21(27)25(23(29)32-20)12-16-8-9-19(31-16)22(28)30-3/h4-11H,12H2,1-3H3. The maximum Gasteiger partial charge on any atom is 0.373 e. The van der Waals surface area contributed by atoms with Crippen molar-refractivity contribution in [1.82, 2.24) is 9.47 Å². The Morgan fingerprint density at radius 1 is 1.19 bits per heavy atom. The van der Waals surface area contributed by atoms with E-state index < -0.39 is 17.1 Å². The number of ether oxygens (including phenoxy) is 1. The predicted molar refractivity (Wildman–Crippen MR) is 117 cm³/mol. The Kier molecular flexibility index (Phi) is 5.75. The van der Waals surface area contributed by atoms with Crippen LogP contribution in [0.5, 0.6) is 0 Å². The van der Waals surface area contributed by atoms with Crippen molar-refractivity contribution in [2.45, 2.75) is 20.4 Å². The zero-order valence-electron chi connectivity index (χ0n) is 17.5. The molecule has 1 aliphatic heterocycles. The number of hydrogen-bond acceptors (Lipinski definition) is 6. The van der Waals surface area contributed by atoms with Gasteiger partial charge in [-0.25, -0.2) is 9.18 Å². The number of thioether (sulfide) groups is 1. The van der Waals surface area contributed by atoms with Crippen LogP contribution in [0.2, 0.25) is 0 Å². The number of methoxy groups -OCH3 is 1. The summed E-state index contributed by atoms with van der Waals surface area (Å²) in [5, 5.41) is -0.444. The molecule has 2 amide bonds. The second kappa shape index (κ2) is 8.51. The highest BCUT2D eigenvalue weighted by atomic mass is 32.2. The molecule has 0 radical (unpaired) electrons. The molecule has 32 heavy (non-hydrogen) atoms. The first-order valence-corrected chi connectivity index (χ1v) is 10.5. The molecule has 0 N–H and O–H groups in total. The monoisotopic (exact) mass is 454 g/mol. The van der Waals surface area contributed by atoms with Gasteiger partial charge in [0.15, 0.2) is 0 Å². The summed E-state index contributed by atoms with van der Waals surface area (Å²) in [5.74, 6) is -1.19. The minimum absolute atomic E-state index is 0.00871. The quantitative estimate of drug-likeness (QED) is 0.405. The van der Waals surface area contributed by atoms with Crippen LogP contribution in [0.15, 0.2) is 51.8 Å². The first kappa shape index (κ1) is 21.6. The van der Waals surface area contributed by atoms with Crippen molar-refractivity contribution < 1.29 is 27.9 Å². The number of furan rings is 1. The fourth-order valence-electron chi connectivity index (χ4n) is 3.54. The number of nitrogens with zero attached hydrogens (tertiary/aromatic N) is 2. The average Bonchev–Trinajstić information content (AvgIpc) is 3.42. The predicted octanol–water partition coefficient (Wildman–Crippen LogP) is 4.85. The number of carbonyl (C=O) groups excluding carboxylic acids is 3. The molecule has 3 aromatic rings. The van der Waals surface area contributed by atoms with Crippen LogP contribution in [0.25, 0.3) is 11.8 Å². The summed E-state index contributed by atoms with van der Waals surface area (Å²) in [6.07, 6.45) is 1.63. The van der Waals surface area contributed by atoms with Gasteiger partial charge in [0.1, 0.15) is 11.6 Å². The number of amides is 2. The molecule has 1 saturated heterocycles. The van der Waals surface area contributed by atoms with Crippen molar-refractivity contribution in [3.63, 3.8) is 0 Å². The molecule has 1 aliphatic rings. The number of para-hydroxylation sites is 1. The van der Waals surface area contributed by atoms with E-state index in [0.29, 0.717) is 11.3 Å². The number of hydrogen-bond donors (Lipinski definition) is 0. The fraction of sp³-hybridized carbons (Fsp3) is 0.174. The molecule has 0 spiro atoms. The third-order valence-corrected chi connectivity index (χ3v) is 5.99. The minimum Gasteiger partial charge on any atom is -0.463 e. The van der Waals surface area contributed by atoms with Gasteiger partial charge in [-0.15, -0.1) is 0 Å². The Balaban J connectivity index is 1.60. The van der Waals surface area contributed by atoms with Crippen LogP contribution in [-0.2, 0) is 16.1 Å². The zero-order chi connectivity index (χ0) is 23.0. The molecule has 0 saturated carbocycles. The van der Waals surface area contributed by atoms with E-state index in [1.807, 2.05) is 19.9 Å². The Labute approximate surface area is 187 Å². The SMILES string of the molecule is COC(=O)c1ccc(CN2C(=O)SC(=Cc3cc(C)n(-c4ccccc4F)c3C)C2=O)o1. The van der Waals surface area contributed by atoms with Crippen molar-refractivity contribution in [2.24, 2.45) is 0 Å². The van der Waals surface area contributed by atoms with E-state index in [4.69, 9.17) is 4.42 Å². The molecule has 9 heteroatoms. The van der Waals surface area contributed by atoms with Gasteiger partial charge in [-0.05, 0) is 67.6 Å². The highest BCUT2D eigenvalue weighted by Gasteiger charge is 2.36. The van der Waals surface area contributed by atoms with Gasteiger partial charge in [0.25, 0.3) is 11.1 Å². The van der Waals surface area contributed by atoms with Gasteiger partial charge in [-0.2, -0.15) is 0 Å². The van der Waals surface area contributed by atoms with Crippen LogP contribution >= 0.6 is 11.8 Å². The second-order valence-corrected chi connectivity index (χ2v) is 8.13. The van der Waals surface area contributed by atoms with Crippen LogP contribution in [0, 0.1) is 19.7 Å². The van der Waals surface area contributed by atoms with E-state index in [1.165, 1.54) is 25.3 Å². The molecule has 0 unspecified atom stereocenters. The molecule has 3 heterocycles. The fourth-order valence-corrected chi connectivity index (χ4v) is 4.37. The molecule has 0 atom stereocenters. The number of esters is 1. The maximum absolute atomic E-state index is 14.3. The summed E-state index contributed by atoms with van der Waals surface area (Å²) in [6, 6.07) is 11.2. The number of halogens is 1. The maximum atomic E-state index is 14.3. The van der Waals surface area contributed by atoms with Gasteiger partial charge < -0.3 is 13.7 Å². The lowest BCUT2D eigenvalue weighted by Gasteiger charge is -2.10. The van der Waals surface area contributed by atoms with E-state index in [9.17, 15) is 18.8 Å². The summed E-state index contributed by atoms with van der Waals surface area (Å²) < 4.78 is 26.0. The number of imide groups is 1. The van der Waals surface area contributed by atoms with E-state index in [-0.39, 0.29) is 28.8 Å². The highest BCUT2D eigenvalue weighted by molar-refractivity contribution is 8.18. The third-order valence-electron chi connectivity index (χ3n) is 5.09. The molecule has 7 nitrogen and oxygen atoms in total. The number of rotatable bonds is 5. The number of aryl methyl sites for hydroxylation is 1. The molecule has 4 rings (SSSR count). The van der Waals surface area contributed by atoms with Crippen LogP contribution in [0.3, 0.4) is 0 Å². The highest BCUT2D eigenvalue weighted by Crippen LogP contribution is 2.35. The van der Waals surface area contributed by atoms with Crippen LogP contribution < -0.4 is 0 Å². The lowest BCUT2D eigenvalue weighted by molar-refractivity contribution is -0.123. The van der Waals surface area contributed by atoms with Crippen molar-refractivity contribution in [2.75, 3.05) is 7.11 Å². The van der Waals surface area contributed by atoms with E-state index >= 15 is 0 Å². The molecule has 1 aromatic carbocycles. The average molecular weight is 454 g/mol. The van der Waals surface area contributed by atoms with Gasteiger partial charge in [-0.1, -0.05) is 12.1 Å². The summed E-state index contributed by atoms with van der Waals surface area (Å²) in [4.78, 5) is 38.1. The minimum atomic E-state index is -0.643. The number of carbonyl (C=O) groups is 3. The number of aromatic nitrogens is 1. The largest absolute Gasteiger partial charge is 0.463 e. The Hall–Kier alpha value is -3.59. The normalized spacial score (nSPS) is 15.1. The van der Waals surface area contributed by atoms with Crippen LogP contribution in [0.4, 0.5) is 9.18 Å². The third kappa shape index (κ3) is 3.87. The molecular weight excluding hydrogens is 435 g/mol. The van der Waals surface area contributed by atoms with Gasteiger partial charge in [-0.3, -0.25) is 14.5 Å². The van der Waals surface area contributed by atoms with E-state index in [2.05, 4.69) is 4.74 Å². The molecule has 2 aromatic heterocycles. The zero-order valence-corrected chi connectivity index (χ0v) is 18.4. The lowest BCUT2D eigenvalue weighted by atomic mass is 10.2. The lowest BCUT2D eigenvalue weighted by Crippen LogP contribution is -2.27. The van der Waals surface area contributed by atoms with Crippen molar-refractivity contribution >= 4 is 35.0 Å². The van der Waals surface area contributed by atoms with Crippen molar-refractivity contribution in [3.8, 4) is 5.69 Å². The van der Waals surface area contributed by atoms with Crippen molar-refractivity contribution in [1.29, 1.82) is 0 Å². The summed E-state index contributed by atoms with van der Waals surface area (Å²) in [7, 11) is 1.23. The molecule has 164 valence electrons. The first-order valence-electron chi connectivity index (χ1n) is 9.66. The Morgan fingerprint density at radius 3 is 2.66 bits per heavy atom. The number of benzene rings is 1. The van der Waals surface area contributed by atoms with E-state index in [0.717, 1.165) is 28.0 Å². The van der Waals surface area contributed by atoms with Crippen LogP contribution in [0.1, 0.15) is 33.3 Å². The molecule has 0 aliphatic carbocycles. The van der Waals surface area contributed by atoms with Gasteiger partial charge >= 0.3 is 5.97 Å². The first-order chi connectivity index (χ1) is 15.3. The molecule has 0 bridgehead atoms. The van der Waals surface area contributed by atoms with Gasteiger partial charge in [0, 0.05) is 11.4 Å². The second-order valence-electron chi connectivity index (χ2n) is 7.14. The van der Waals surface area contributed by atoms with Crippen LogP contribution in [-0.4, -0.2) is 33.7 Å². The Morgan fingerprint density at radius 2 is 1.94 bits per heavy atom. The topological polar surface area (TPSA) is 81.8 Å². The Bertz CT molecular complexity index is 1270. The smallest absolute Gasteiger partial charge is 0.373 e. The molecular formula is C23H19FN2O5S. The summed E-state index contributed by atoms with van der Waals surface area (Å²) >= 11 is 0.818. The summed E-state index contributed by atoms with van der Waals surface area (Å²) in [6.45, 7) is 3.57. The van der Waals surface area contributed by atoms with Gasteiger partial charge in [0.05, 0.1) is 24.2 Å². The molecule has 1 fully saturated rings.